The van der Waals surface area contributed by atoms with E-state index in [9.17, 15) is 14.4 Å². The van der Waals surface area contributed by atoms with E-state index in [0.717, 1.165) is 58.2 Å². The van der Waals surface area contributed by atoms with Crippen molar-refractivity contribution >= 4 is 17.8 Å². The number of hydrogen-bond acceptors (Lipinski definition) is 4. The lowest BCUT2D eigenvalue weighted by Crippen LogP contribution is -2.52. The molecule has 3 fully saturated rings. The van der Waals surface area contributed by atoms with Gasteiger partial charge in [0, 0.05) is 45.3 Å². The lowest BCUT2D eigenvalue weighted by atomic mass is 9.96. The highest BCUT2D eigenvalue weighted by Crippen LogP contribution is 2.21. The highest BCUT2D eigenvalue weighted by molar-refractivity contribution is 5.93. The van der Waals surface area contributed by atoms with E-state index in [1.807, 2.05) is 14.7 Å². The molecule has 0 bridgehead atoms. The Labute approximate surface area is 171 Å². The van der Waals surface area contributed by atoms with Crippen LogP contribution in [0.15, 0.2) is 23.0 Å². The predicted molar refractivity (Wildman–Crippen MR) is 106 cm³/mol. The van der Waals surface area contributed by atoms with Crippen molar-refractivity contribution in [2.75, 3.05) is 39.3 Å². The van der Waals surface area contributed by atoms with Crippen molar-refractivity contribution in [1.29, 1.82) is 0 Å². The Morgan fingerprint density at radius 2 is 1.62 bits per heavy atom. The van der Waals surface area contributed by atoms with Crippen LogP contribution in [0, 0.1) is 5.92 Å². The van der Waals surface area contributed by atoms with E-state index in [2.05, 4.69) is 5.32 Å². The highest BCUT2D eigenvalue weighted by Gasteiger charge is 2.33. The van der Waals surface area contributed by atoms with E-state index in [0.29, 0.717) is 25.2 Å². The molecule has 8 heteroatoms. The van der Waals surface area contributed by atoms with Crippen LogP contribution in [0.2, 0.25) is 0 Å². The Balaban J connectivity index is 1.24. The molecular weight excluding hydrogens is 372 g/mol. The monoisotopic (exact) mass is 402 g/mol. The molecule has 4 heterocycles. The zero-order valence-electron chi connectivity index (χ0n) is 16.8. The van der Waals surface area contributed by atoms with Crippen LogP contribution >= 0.6 is 0 Å². The average molecular weight is 402 g/mol. The number of carbonyl (C=O) groups excluding carboxylic acids is 3. The van der Waals surface area contributed by atoms with E-state index in [-0.39, 0.29) is 29.8 Å². The Bertz CT molecular complexity index is 721. The summed E-state index contributed by atoms with van der Waals surface area (Å²) < 4.78 is 4.99. The van der Waals surface area contributed by atoms with Gasteiger partial charge in [-0.15, -0.1) is 0 Å². The predicted octanol–water partition coefficient (Wildman–Crippen LogP) is 1.93. The van der Waals surface area contributed by atoms with Crippen LogP contribution in [-0.2, 0) is 4.79 Å². The maximum absolute atomic E-state index is 12.8. The van der Waals surface area contributed by atoms with E-state index in [1.54, 1.807) is 6.07 Å². The van der Waals surface area contributed by atoms with Crippen LogP contribution < -0.4 is 5.32 Å². The lowest BCUT2D eigenvalue weighted by molar-refractivity contribution is -0.127. The van der Waals surface area contributed by atoms with Crippen molar-refractivity contribution in [2.45, 2.75) is 44.6 Å². The zero-order chi connectivity index (χ0) is 20.2. The van der Waals surface area contributed by atoms with Crippen molar-refractivity contribution in [3.8, 4) is 0 Å². The van der Waals surface area contributed by atoms with Crippen molar-refractivity contribution < 1.29 is 18.8 Å². The lowest BCUT2D eigenvalue weighted by Gasteiger charge is -2.36. The number of rotatable bonds is 3. The summed E-state index contributed by atoms with van der Waals surface area (Å²) in [5.74, 6) is -0.115. The van der Waals surface area contributed by atoms with Gasteiger partial charge in [0.1, 0.15) is 6.26 Å². The molecule has 8 nitrogen and oxygen atoms in total. The van der Waals surface area contributed by atoms with Gasteiger partial charge in [0.25, 0.3) is 5.91 Å². The second kappa shape index (κ2) is 8.88. The van der Waals surface area contributed by atoms with Gasteiger partial charge in [0.05, 0.1) is 17.7 Å². The van der Waals surface area contributed by atoms with E-state index in [4.69, 9.17) is 4.42 Å². The molecular formula is C21H30N4O4. The standard InChI is InChI=1S/C21H30N4O4/c26-19(16-4-3-10-25(14-16)21(28)24-8-1-2-9-24)22-18-5-11-23(12-6-18)20(27)17-7-13-29-15-17/h7,13,15-16,18H,1-6,8-12,14H2,(H,22,26)/t16-/m0/s1. The van der Waals surface area contributed by atoms with Gasteiger partial charge in [0.2, 0.25) is 5.91 Å². The molecule has 0 unspecified atom stereocenters. The minimum atomic E-state index is -0.138. The molecule has 0 radical (unpaired) electrons. The Morgan fingerprint density at radius 1 is 0.897 bits per heavy atom. The summed E-state index contributed by atoms with van der Waals surface area (Å²) >= 11 is 0. The van der Waals surface area contributed by atoms with Crippen molar-refractivity contribution in [3.05, 3.63) is 24.2 Å². The third-order valence-corrected chi connectivity index (χ3v) is 6.34. The number of nitrogens with one attached hydrogen (secondary N) is 1. The number of hydrogen-bond donors (Lipinski definition) is 1. The van der Waals surface area contributed by atoms with Crippen LogP contribution in [0.4, 0.5) is 4.79 Å². The Hall–Kier alpha value is -2.51. The van der Waals surface area contributed by atoms with Gasteiger partial charge in [-0.1, -0.05) is 0 Å². The second-order valence-electron chi connectivity index (χ2n) is 8.35. The molecule has 158 valence electrons. The molecule has 29 heavy (non-hydrogen) atoms. The van der Waals surface area contributed by atoms with Gasteiger partial charge in [0.15, 0.2) is 0 Å². The molecule has 0 aromatic carbocycles. The normalized spacial score (nSPS) is 23.3. The first-order valence-corrected chi connectivity index (χ1v) is 10.8. The number of furan rings is 1. The maximum Gasteiger partial charge on any atom is 0.320 e. The molecule has 1 aromatic rings. The van der Waals surface area contributed by atoms with Crippen LogP contribution in [0.3, 0.4) is 0 Å². The van der Waals surface area contributed by atoms with Crippen molar-refractivity contribution in [2.24, 2.45) is 5.92 Å². The smallest absolute Gasteiger partial charge is 0.320 e. The largest absolute Gasteiger partial charge is 0.472 e. The molecule has 0 aliphatic carbocycles. The van der Waals surface area contributed by atoms with Gasteiger partial charge in [-0.05, 0) is 44.6 Å². The summed E-state index contributed by atoms with van der Waals surface area (Å²) in [4.78, 5) is 43.4. The minimum Gasteiger partial charge on any atom is -0.472 e. The highest BCUT2D eigenvalue weighted by atomic mass is 16.3. The molecule has 1 N–H and O–H groups in total. The van der Waals surface area contributed by atoms with Crippen molar-refractivity contribution in [1.82, 2.24) is 20.0 Å². The molecule has 3 saturated heterocycles. The molecule has 4 amide bonds. The fourth-order valence-electron chi connectivity index (χ4n) is 4.59. The van der Waals surface area contributed by atoms with Crippen LogP contribution in [0.25, 0.3) is 0 Å². The first kappa shape index (κ1) is 19.8. The second-order valence-corrected chi connectivity index (χ2v) is 8.35. The third kappa shape index (κ3) is 4.57. The Morgan fingerprint density at radius 3 is 2.31 bits per heavy atom. The first-order valence-electron chi connectivity index (χ1n) is 10.8. The van der Waals surface area contributed by atoms with Crippen LogP contribution in [0.5, 0.6) is 0 Å². The average Bonchev–Trinajstić information content (AvgIpc) is 3.47. The minimum absolute atomic E-state index is 0.0214. The molecule has 3 aliphatic rings. The molecule has 0 spiro atoms. The van der Waals surface area contributed by atoms with Gasteiger partial charge >= 0.3 is 6.03 Å². The summed E-state index contributed by atoms with van der Waals surface area (Å²) in [6, 6.07) is 1.85. The number of urea groups is 1. The number of piperidine rings is 2. The third-order valence-electron chi connectivity index (χ3n) is 6.34. The summed E-state index contributed by atoms with van der Waals surface area (Å²) in [5, 5.41) is 3.16. The number of likely N-dealkylation sites (tertiary alicyclic amines) is 3. The van der Waals surface area contributed by atoms with E-state index in [1.165, 1.54) is 12.5 Å². The summed E-state index contributed by atoms with van der Waals surface area (Å²) in [5.41, 5.74) is 0.567. The van der Waals surface area contributed by atoms with Crippen LogP contribution in [0.1, 0.15) is 48.9 Å². The molecule has 0 saturated carbocycles. The summed E-state index contributed by atoms with van der Waals surface area (Å²) in [6.45, 7) is 4.18. The van der Waals surface area contributed by atoms with Gasteiger partial charge < -0.3 is 24.4 Å². The summed E-state index contributed by atoms with van der Waals surface area (Å²) in [6.07, 6.45) is 8.31. The van der Waals surface area contributed by atoms with E-state index >= 15 is 0 Å². The summed E-state index contributed by atoms with van der Waals surface area (Å²) in [7, 11) is 0. The number of carbonyl (C=O) groups is 3. The zero-order valence-corrected chi connectivity index (χ0v) is 16.8. The van der Waals surface area contributed by atoms with E-state index < -0.39 is 0 Å². The molecule has 3 aliphatic heterocycles. The molecule has 4 rings (SSSR count). The fourth-order valence-corrected chi connectivity index (χ4v) is 4.59. The molecule has 1 aromatic heterocycles. The Kier molecular flexibility index (Phi) is 6.06. The topological polar surface area (TPSA) is 86.1 Å². The number of nitrogens with zero attached hydrogens (tertiary/aromatic N) is 3. The number of amides is 4. The fraction of sp³-hybridized carbons (Fsp3) is 0.667. The van der Waals surface area contributed by atoms with Gasteiger partial charge in [-0.25, -0.2) is 4.79 Å². The van der Waals surface area contributed by atoms with Crippen molar-refractivity contribution in [3.63, 3.8) is 0 Å². The van der Waals surface area contributed by atoms with Gasteiger partial charge in [-0.3, -0.25) is 9.59 Å². The SMILES string of the molecule is O=C(NC1CCN(C(=O)c2ccoc2)CC1)[C@H]1CCCN(C(=O)N2CCCC2)C1. The maximum atomic E-state index is 12.8. The first-order chi connectivity index (χ1) is 14.1. The van der Waals surface area contributed by atoms with Gasteiger partial charge in [-0.2, -0.15) is 0 Å². The molecule has 1 atom stereocenters. The quantitative estimate of drug-likeness (QED) is 0.837. The van der Waals surface area contributed by atoms with Crippen LogP contribution in [-0.4, -0.2) is 77.9 Å².